The van der Waals surface area contributed by atoms with Gasteiger partial charge < -0.3 is 0 Å². The van der Waals surface area contributed by atoms with Crippen molar-refractivity contribution >= 4 is 0 Å². The number of rotatable bonds is 0. The summed E-state index contributed by atoms with van der Waals surface area (Å²) in [5, 5.41) is 0. The molecule has 0 heterocycles. The Labute approximate surface area is 196 Å². The molecule has 10 aliphatic rings. The molecule has 174 valence electrons. The normalized spacial score (nSPS) is 71.2. The van der Waals surface area contributed by atoms with Gasteiger partial charge in [0.2, 0.25) is 0 Å². The molecule has 10 aliphatic carbocycles. The van der Waals surface area contributed by atoms with Crippen LogP contribution in [0.1, 0.15) is 103 Å². The Morgan fingerprint density at radius 2 is 1.12 bits per heavy atom. The summed E-state index contributed by atoms with van der Waals surface area (Å²) in [6.07, 6.45) is 27.1. The molecule has 0 aromatic rings. The van der Waals surface area contributed by atoms with Crippen molar-refractivity contribution in [2.75, 3.05) is 0 Å². The summed E-state index contributed by atoms with van der Waals surface area (Å²) in [4.78, 5) is 0. The molecule has 0 nitrogen and oxygen atoms in total. The summed E-state index contributed by atoms with van der Waals surface area (Å²) in [5.41, 5.74) is 1.67. The molecule has 0 saturated heterocycles. The quantitative estimate of drug-likeness (QED) is 0.365. The highest BCUT2D eigenvalue weighted by atomic mass is 14.8. The predicted octanol–water partition coefficient (Wildman–Crippen LogP) is 7.96. The monoisotopic (exact) mass is 430 g/mol. The van der Waals surface area contributed by atoms with E-state index in [9.17, 15) is 0 Å². The van der Waals surface area contributed by atoms with Crippen LogP contribution in [0.25, 0.3) is 0 Å². The first-order chi connectivity index (χ1) is 15.8. The van der Waals surface area contributed by atoms with Gasteiger partial charge in [0.05, 0.1) is 0 Å². The lowest BCUT2D eigenvalue weighted by Crippen LogP contribution is -2.51. The van der Waals surface area contributed by atoms with Crippen molar-refractivity contribution in [1.29, 1.82) is 0 Å². The zero-order valence-corrected chi connectivity index (χ0v) is 20.4. The van der Waals surface area contributed by atoms with Crippen molar-refractivity contribution in [1.82, 2.24) is 0 Å². The summed E-state index contributed by atoms with van der Waals surface area (Å²) >= 11 is 0. The van der Waals surface area contributed by atoms with Gasteiger partial charge in [-0.15, -0.1) is 0 Å². The molecular weight excluding hydrogens is 384 g/mol. The van der Waals surface area contributed by atoms with Crippen LogP contribution in [-0.4, -0.2) is 0 Å². The number of hydrogen-bond acceptors (Lipinski definition) is 0. The molecular formula is C32H46. The fraction of sp³-hybridized carbons (Fsp3) is 1.00. The van der Waals surface area contributed by atoms with Crippen molar-refractivity contribution in [3.05, 3.63) is 0 Å². The predicted molar refractivity (Wildman–Crippen MR) is 128 cm³/mol. The second-order valence-corrected chi connectivity index (χ2v) is 16.0. The largest absolute Gasteiger partial charge is 0.0499 e. The molecule has 0 amide bonds. The van der Waals surface area contributed by atoms with E-state index >= 15 is 0 Å². The Morgan fingerprint density at radius 3 is 2.06 bits per heavy atom. The van der Waals surface area contributed by atoms with E-state index in [1.165, 1.54) is 47.3 Å². The smallest absolute Gasteiger partial charge is 0.0207 e. The van der Waals surface area contributed by atoms with E-state index < -0.39 is 0 Å². The maximum atomic E-state index is 1.75. The SMILES string of the molecule is C1CC2CC3CC4CCC5CCC6CC1C1CCC27C2CC8C1C6CC5C4(CCC37)C8C2. The first-order valence-corrected chi connectivity index (χ1v) is 15.8. The van der Waals surface area contributed by atoms with Crippen LogP contribution in [0.15, 0.2) is 0 Å². The van der Waals surface area contributed by atoms with Crippen molar-refractivity contribution in [2.45, 2.75) is 103 Å². The summed E-state index contributed by atoms with van der Waals surface area (Å²) in [5.74, 6) is 16.4. The van der Waals surface area contributed by atoms with E-state index in [4.69, 9.17) is 0 Å². The van der Waals surface area contributed by atoms with Gasteiger partial charge >= 0.3 is 0 Å². The van der Waals surface area contributed by atoms with Gasteiger partial charge in [-0.2, -0.15) is 0 Å². The van der Waals surface area contributed by atoms with E-state index in [0.717, 1.165) is 46.3 Å². The third-order valence-electron chi connectivity index (χ3n) is 16.6. The number of hydrogen-bond donors (Lipinski definition) is 0. The maximum Gasteiger partial charge on any atom is -0.0207 e. The Kier molecular flexibility index (Phi) is 3.26. The van der Waals surface area contributed by atoms with Crippen LogP contribution >= 0.6 is 0 Å². The molecule has 0 radical (unpaired) electrons. The minimum Gasteiger partial charge on any atom is -0.0499 e. The molecule has 16 unspecified atom stereocenters. The summed E-state index contributed by atoms with van der Waals surface area (Å²) in [6, 6.07) is 0. The molecule has 10 fully saturated rings. The van der Waals surface area contributed by atoms with Crippen LogP contribution in [0.2, 0.25) is 0 Å². The average Bonchev–Trinajstić information content (AvgIpc) is 3.19. The van der Waals surface area contributed by atoms with Crippen molar-refractivity contribution in [3.8, 4) is 0 Å². The van der Waals surface area contributed by atoms with Gasteiger partial charge in [-0.3, -0.25) is 0 Å². The molecule has 16 atom stereocenters. The lowest BCUT2D eigenvalue weighted by molar-refractivity contribution is -0.0931. The molecule has 0 aliphatic heterocycles. The molecule has 0 N–H and O–H groups in total. The van der Waals surface area contributed by atoms with Crippen LogP contribution in [0.3, 0.4) is 0 Å². The van der Waals surface area contributed by atoms with Gasteiger partial charge in [0.1, 0.15) is 0 Å². The van der Waals surface area contributed by atoms with E-state index in [1.54, 1.807) is 103 Å². The molecule has 2 spiro atoms. The molecule has 0 aromatic carbocycles. The third-order valence-corrected chi connectivity index (χ3v) is 16.6. The van der Waals surface area contributed by atoms with Crippen molar-refractivity contribution < 1.29 is 0 Å². The van der Waals surface area contributed by atoms with Crippen LogP contribution in [0.4, 0.5) is 0 Å². The average molecular weight is 431 g/mol. The number of fused-ring (bicyclic) bond motifs is 2. The second kappa shape index (κ2) is 5.69. The van der Waals surface area contributed by atoms with Gasteiger partial charge in [0.15, 0.2) is 0 Å². The molecule has 9 bridgehead atoms. The van der Waals surface area contributed by atoms with Crippen LogP contribution in [0, 0.1) is 93.7 Å². The molecule has 0 heteroatoms. The maximum absolute atomic E-state index is 1.75. The van der Waals surface area contributed by atoms with Gasteiger partial charge in [0, 0.05) is 0 Å². The Hall–Kier alpha value is 0. The fourth-order valence-corrected chi connectivity index (χ4v) is 16.4. The van der Waals surface area contributed by atoms with Gasteiger partial charge in [-0.1, -0.05) is 0 Å². The standard InChI is InChI=1S/C32H46/c1-2-19-11-18-4-6-21-12-20-13-22-5-3-17(1)28-16-25(19)30-24(18)7-9-31(21)23-14-26(30)29(15-23)32(22,28)10-8-27(20)31/h17-30H,1-16H2. The lowest BCUT2D eigenvalue weighted by Gasteiger charge is -2.58. The first kappa shape index (κ1) is 18.3. The van der Waals surface area contributed by atoms with E-state index in [0.29, 0.717) is 0 Å². The van der Waals surface area contributed by atoms with Crippen LogP contribution in [-0.2, 0) is 0 Å². The summed E-state index contributed by atoms with van der Waals surface area (Å²) < 4.78 is 0. The lowest BCUT2D eigenvalue weighted by atomic mass is 9.47. The highest BCUT2D eigenvalue weighted by Crippen LogP contribution is 2.81. The highest BCUT2D eigenvalue weighted by Gasteiger charge is 2.73. The van der Waals surface area contributed by atoms with Gasteiger partial charge in [-0.25, -0.2) is 0 Å². The summed E-state index contributed by atoms with van der Waals surface area (Å²) in [7, 11) is 0. The molecule has 10 rings (SSSR count). The third kappa shape index (κ3) is 1.78. The highest BCUT2D eigenvalue weighted by molar-refractivity contribution is 5.22. The van der Waals surface area contributed by atoms with Crippen LogP contribution < -0.4 is 0 Å². The minimum absolute atomic E-state index is 0.832. The van der Waals surface area contributed by atoms with Gasteiger partial charge in [0.25, 0.3) is 0 Å². The molecule has 10 saturated carbocycles. The van der Waals surface area contributed by atoms with E-state index in [-0.39, 0.29) is 0 Å². The topological polar surface area (TPSA) is 0 Å². The summed E-state index contributed by atoms with van der Waals surface area (Å²) in [6.45, 7) is 0. The zero-order valence-electron chi connectivity index (χ0n) is 20.4. The zero-order chi connectivity index (χ0) is 20.4. The van der Waals surface area contributed by atoms with Gasteiger partial charge in [-0.05, 0) is 196 Å². The second-order valence-electron chi connectivity index (χ2n) is 16.0. The van der Waals surface area contributed by atoms with E-state index in [2.05, 4.69) is 0 Å². The van der Waals surface area contributed by atoms with E-state index in [1.807, 2.05) is 0 Å². The van der Waals surface area contributed by atoms with Crippen LogP contribution in [0.5, 0.6) is 0 Å². The Bertz CT molecular complexity index is 858. The first-order valence-electron chi connectivity index (χ1n) is 15.8. The molecule has 32 heavy (non-hydrogen) atoms. The minimum atomic E-state index is 0.832. The fourth-order valence-electron chi connectivity index (χ4n) is 16.4. The Morgan fingerprint density at radius 1 is 0.375 bits per heavy atom. The van der Waals surface area contributed by atoms with Crippen molar-refractivity contribution in [2.24, 2.45) is 93.7 Å². The Balaban J connectivity index is 1.32. The van der Waals surface area contributed by atoms with Crippen molar-refractivity contribution in [3.63, 3.8) is 0 Å². The molecule has 0 aromatic heterocycles.